The number of carbonyl (C=O) groups is 3. The van der Waals surface area contributed by atoms with Gasteiger partial charge in [-0.2, -0.15) is 0 Å². The number of ether oxygens (including phenoxy) is 2. The zero-order chi connectivity index (χ0) is 27.8. The summed E-state index contributed by atoms with van der Waals surface area (Å²) in [7, 11) is 1.57. The van der Waals surface area contributed by atoms with Crippen molar-refractivity contribution < 1.29 is 23.9 Å². The van der Waals surface area contributed by atoms with Crippen LogP contribution in [0.5, 0.6) is 5.75 Å². The van der Waals surface area contributed by atoms with Crippen molar-refractivity contribution in [2.24, 2.45) is 5.92 Å². The molecule has 0 aliphatic rings. The van der Waals surface area contributed by atoms with Gasteiger partial charge in [0, 0.05) is 12.2 Å². The number of rotatable bonds is 10. The van der Waals surface area contributed by atoms with E-state index in [9.17, 15) is 14.4 Å². The molecule has 0 saturated carbocycles. The molecule has 2 atom stereocenters. The lowest BCUT2D eigenvalue weighted by atomic mass is 9.98. The third kappa shape index (κ3) is 9.12. The number of hydrogen-bond donors (Lipinski definition) is 2. The van der Waals surface area contributed by atoms with Crippen LogP contribution in [0, 0.1) is 12.8 Å². The molecule has 0 radical (unpaired) electrons. The zero-order valence-electron chi connectivity index (χ0n) is 23.3. The fourth-order valence-electron chi connectivity index (χ4n) is 3.92. The lowest BCUT2D eigenvalue weighted by Crippen LogP contribution is -2.52. The number of hydrogen-bond acceptors (Lipinski definition) is 5. The average molecular weight is 512 g/mol. The second-order valence-corrected chi connectivity index (χ2v) is 10.5. The summed E-state index contributed by atoms with van der Waals surface area (Å²) in [5.74, 6) is 0.0824. The van der Waals surface area contributed by atoms with Crippen LogP contribution >= 0.6 is 0 Å². The van der Waals surface area contributed by atoms with Gasteiger partial charge in [0.25, 0.3) is 5.91 Å². The molecule has 8 heteroatoms. The molecule has 0 spiro atoms. The molecule has 37 heavy (non-hydrogen) atoms. The molecule has 0 heterocycles. The highest BCUT2D eigenvalue weighted by atomic mass is 16.6. The molecular weight excluding hydrogens is 470 g/mol. The van der Waals surface area contributed by atoms with Crippen LogP contribution in [0.4, 0.5) is 10.5 Å². The minimum Gasteiger partial charge on any atom is -0.497 e. The number of nitrogens with one attached hydrogen (secondary N) is 2. The Kier molecular flexibility index (Phi) is 10.5. The van der Waals surface area contributed by atoms with Gasteiger partial charge in [0.05, 0.1) is 7.11 Å². The van der Waals surface area contributed by atoms with Crippen LogP contribution < -0.4 is 15.4 Å². The van der Waals surface area contributed by atoms with E-state index in [-0.39, 0.29) is 24.3 Å². The predicted molar refractivity (Wildman–Crippen MR) is 146 cm³/mol. The molecule has 0 aliphatic heterocycles. The van der Waals surface area contributed by atoms with E-state index in [1.54, 1.807) is 52.1 Å². The maximum atomic E-state index is 13.9. The van der Waals surface area contributed by atoms with Gasteiger partial charge in [-0.1, -0.05) is 43.7 Å². The molecule has 3 amide bonds. The van der Waals surface area contributed by atoms with Crippen LogP contribution in [0.15, 0.2) is 48.5 Å². The summed E-state index contributed by atoms with van der Waals surface area (Å²) < 4.78 is 10.6. The molecule has 2 aromatic rings. The van der Waals surface area contributed by atoms with E-state index < -0.39 is 23.8 Å². The Bertz CT molecular complexity index is 1040. The van der Waals surface area contributed by atoms with Crippen LogP contribution in [0.1, 0.15) is 65.1 Å². The van der Waals surface area contributed by atoms with Crippen molar-refractivity contribution >= 4 is 23.6 Å². The largest absolute Gasteiger partial charge is 0.497 e. The topological polar surface area (TPSA) is 97.0 Å². The number of nitrogens with zero attached hydrogens (tertiary/aromatic N) is 1. The summed E-state index contributed by atoms with van der Waals surface area (Å²) in [5.41, 5.74) is 1.59. The van der Waals surface area contributed by atoms with Gasteiger partial charge < -0.3 is 25.0 Å². The number of benzene rings is 2. The van der Waals surface area contributed by atoms with E-state index >= 15 is 0 Å². The van der Waals surface area contributed by atoms with Crippen LogP contribution in [-0.4, -0.2) is 48.1 Å². The zero-order valence-corrected chi connectivity index (χ0v) is 23.3. The Labute approximate surface area is 220 Å². The van der Waals surface area contributed by atoms with E-state index in [1.807, 2.05) is 52.0 Å². The second kappa shape index (κ2) is 13.1. The van der Waals surface area contributed by atoms with Crippen molar-refractivity contribution in [2.75, 3.05) is 19.0 Å². The van der Waals surface area contributed by atoms with Crippen molar-refractivity contribution in [1.82, 2.24) is 10.2 Å². The van der Waals surface area contributed by atoms with Crippen LogP contribution in [0.3, 0.4) is 0 Å². The van der Waals surface area contributed by atoms with Gasteiger partial charge in [-0.15, -0.1) is 0 Å². The van der Waals surface area contributed by atoms with Gasteiger partial charge in [-0.05, 0) is 76.8 Å². The average Bonchev–Trinajstić information content (AvgIpc) is 2.81. The molecule has 2 unspecified atom stereocenters. The number of anilines is 1. The molecule has 8 nitrogen and oxygen atoms in total. The van der Waals surface area contributed by atoms with Crippen molar-refractivity contribution in [2.45, 2.75) is 72.6 Å². The summed E-state index contributed by atoms with van der Waals surface area (Å²) in [5, 5.41) is 5.67. The number of amides is 3. The predicted octanol–water partition coefficient (Wildman–Crippen LogP) is 5.47. The summed E-state index contributed by atoms with van der Waals surface area (Å²) >= 11 is 0. The second-order valence-electron chi connectivity index (χ2n) is 10.5. The smallest absolute Gasteiger partial charge is 0.408 e. The third-order valence-corrected chi connectivity index (χ3v) is 5.63. The molecule has 2 N–H and O–H groups in total. The first-order valence-electron chi connectivity index (χ1n) is 12.7. The molecule has 0 bridgehead atoms. The number of carbonyl (C=O) groups excluding carboxylic acids is 3. The molecule has 2 aromatic carbocycles. The maximum absolute atomic E-state index is 13.9. The Morgan fingerprint density at radius 2 is 1.57 bits per heavy atom. The first-order valence-corrected chi connectivity index (χ1v) is 12.7. The standard InChI is InChI=1S/C29H41N3O5/c1-9-32(27(34)24(18-19(2)3)31-28(35)37-29(5,6)7)25(21-12-10-20(4)11-13-21)26(33)30-22-14-16-23(36-8)17-15-22/h10-17,19,24-25H,9,18H2,1-8H3,(H,30,33)(H,31,35). The normalized spacial score (nSPS) is 12.9. The molecule has 202 valence electrons. The molecule has 2 rings (SSSR count). The third-order valence-electron chi connectivity index (χ3n) is 5.63. The van der Waals surface area contributed by atoms with Gasteiger partial charge >= 0.3 is 6.09 Å². The van der Waals surface area contributed by atoms with Gasteiger partial charge in [0.1, 0.15) is 23.4 Å². The Morgan fingerprint density at radius 1 is 0.973 bits per heavy atom. The van der Waals surface area contributed by atoms with Crippen LogP contribution in [0.25, 0.3) is 0 Å². The van der Waals surface area contributed by atoms with Crippen LogP contribution in [-0.2, 0) is 14.3 Å². The van der Waals surface area contributed by atoms with Crippen molar-refractivity contribution in [3.63, 3.8) is 0 Å². The molecule has 0 aliphatic carbocycles. The first kappa shape index (κ1) is 29.7. The van der Waals surface area contributed by atoms with Gasteiger partial charge in [-0.25, -0.2) is 4.79 Å². The lowest BCUT2D eigenvalue weighted by molar-refractivity contribution is -0.140. The van der Waals surface area contributed by atoms with E-state index in [0.29, 0.717) is 23.4 Å². The van der Waals surface area contributed by atoms with E-state index in [1.165, 1.54) is 4.90 Å². The molecule has 0 aromatic heterocycles. The van der Waals surface area contributed by atoms with Crippen molar-refractivity contribution in [3.05, 3.63) is 59.7 Å². The fraction of sp³-hybridized carbons (Fsp3) is 0.483. The van der Waals surface area contributed by atoms with Crippen molar-refractivity contribution in [1.29, 1.82) is 0 Å². The maximum Gasteiger partial charge on any atom is 0.408 e. The van der Waals surface area contributed by atoms with Gasteiger partial charge in [0.15, 0.2) is 0 Å². The number of aryl methyl sites for hydroxylation is 1. The Balaban J connectivity index is 2.42. The minimum absolute atomic E-state index is 0.119. The molecular formula is C29H41N3O5. The Morgan fingerprint density at radius 3 is 2.05 bits per heavy atom. The lowest BCUT2D eigenvalue weighted by Gasteiger charge is -2.34. The van der Waals surface area contributed by atoms with E-state index in [2.05, 4.69) is 10.6 Å². The van der Waals surface area contributed by atoms with Gasteiger partial charge in [0.2, 0.25) is 5.91 Å². The summed E-state index contributed by atoms with van der Waals surface area (Å²) in [6.45, 7) is 13.3. The monoisotopic (exact) mass is 511 g/mol. The van der Waals surface area contributed by atoms with E-state index in [4.69, 9.17) is 9.47 Å². The molecule has 0 saturated heterocycles. The number of alkyl carbamates (subject to hydrolysis) is 1. The first-order chi connectivity index (χ1) is 17.3. The van der Waals surface area contributed by atoms with Crippen LogP contribution in [0.2, 0.25) is 0 Å². The quantitative estimate of drug-likeness (QED) is 0.441. The van der Waals surface area contributed by atoms with Gasteiger partial charge in [-0.3, -0.25) is 9.59 Å². The highest BCUT2D eigenvalue weighted by molar-refractivity contribution is 5.99. The Hall–Kier alpha value is -3.55. The summed E-state index contributed by atoms with van der Waals surface area (Å²) in [6, 6.07) is 12.7. The highest BCUT2D eigenvalue weighted by Gasteiger charge is 2.35. The fourth-order valence-corrected chi connectivity index (χ4v) is 3.92. The SMILES string of the molecule is CCN(C(=O)C(CC(C)C)NC(=O)OC(C)(C)C)C(C(=O)Nc1ccc(OC)cc1)c1ccc(C)cc1. The highest BCUT2D eigenvalue weighted by Crippen LogP contribution is 2.26. The number of likely N-dealkylation sites (N-methyl/N-ethyl adjacent to an activating group) is 1. The van der Waals surface area contributed by atoms with E-state index in [0.717, 1.165) is 5.56 Å². The summed E-state index contributed by atoms with van der Waals surface area (Å²) in [4.78, 5) is 41.6. The minimum atomic E-state index is -0.907. The molecule has 0 fully saturated rings. The summed E-state index contributed by atoms with van der Waals surface area (Å²) in [6.07, 6.45) is -0.271. The van der Waals surface area contributed by atoms with Crippen molar-refractivity contribution in [3.8, 4) is 5.75 Å². The number of methoxy groups -OCH3 is 1.